The summed E-state index contributed by atoms with van der Waals surface area (Å²) in [7, 11) is 0. The van der Waals surface area contributed by atoms with Gasteiger partial charge in [-0.2, -0.15) is 10.2 Å². The van der Waals surface area contributed by atoms with Crippen LogP contribution in [0.3, 0.4) is 0 Å². The van der Waals surface area contributed by atoms with Crippen LogP contribution in [0.15, 0.2) is 53.0 Å². The molecule has 1 unspecified atom stereocenters. The molecular formula is C25H27BrN4O2. The van der Waals surface area contributed by atoms with Crippen LogP contribution < -0.4 is 10.5 Å². The van der Waals surface area contributed by atoms with Crippen LogP contribution in [0.2, 0.25) is 0 Å². The number of rotatable bonds is 6. The Kier molecular flexibility index (Phi) is 6.46. The van der Waals surface area contributed by atoms with Gasteiger partial charge in [0, 0.05) is 46.9 Å². The lowest BCUT2D eigenvalue weighted by Crippen LogP contribution is -2.24. The van der Waals surface area contributed by atoms with Crippen LogP contribution in [0.5, 0.6) is 11.5 Å². The molecule has 32 heavy (non-hydrogen) atoms. The number of benzene rings is 2. The number of carbonyl (C=O) groups is 1. The van der Waals surface area contributed by atoms with Gasteiger partial charge in [0.05, 0.1) is 11.4 Å². The minimum atomic E-state index is 0.172. The highest BCUT2D eigenvalue weighted by Crippen LogP contribution is 2.35. The van der Waals surface area contributed by atoms with Crippen LogP contribution in [0, 0.1) is 5.92 Å². The van der Waals surface area contributed by atoms with Crippen LogP contribution in [0.25, 0.3) is 11.3 Å². The zero-order valence-electron chi connectivity index (χ0n) is 18.5. The number of carbonyl (C=O) groups excluding carboxylic acids is 1. The summed E-state index contributed by atoms with van der Waals surface area (Å²) in [6, 6.07) is 15.4. The fourth-order valence-corrected chi connectivity index (χ4v) is 4.17. The molecule has 0 aliphatic carbocycles. The van der Waals surface area contributed by atoms with E-state index in [1.807, 2.05) is 47.4 Å². The number of hydrogen-bond donors (Lipinski definition) is 1. The smallest absolute Gasteiger partial charge is 0.223 e. The van der Waals surface area contributed by atoms with Crippen molar-refractivity contribution >= 4 is 27.5 Å². The number of nitrogen functional groups attached to an aromatic ring is 1. The molecule has 4 rings (SSSR count). The summed E-state index contributed by atoms with van der Waals surface area (Å²) in [5, 5.41) is 8.64. The van der Waals surface area contributed by atoms with Gasteiger partial charge in [-0.25, -0.2) is 0 Å². The number of nitrogens with zero attached hydrogens (tertiary/aromatic N) is 3. The fraction of sp³-hybridized carbons (Fsp3) is 0.320. The molecule has 1 atom stereocenters. The van der Waals surface area contributed by atoms with Gasteiger partial charge >= 0.3 is 0 Å². The number of aromatic nitrogens is 2. The normalized spacial score (nSPS) is 16.1. The summed E-state index contributed by atoms with van der Waals surface area (Å²) in [5.41, 5.74) is 10.4. The quantitative estimate of drug-likeness (QED) is 0.439. The van der Waals surface area contributed by atoms with E-state index >= 15 is 0 Å². The number of nitrogens with two attached hydrogens (primary N) is 1. The van der Waals surface area contributed by atoms with Crippen molar-refractivity contribution in [3.8, 4) is 22.8 Å². The molecule has 2 aromatic carbocycles. The van der Waals surface area contributed by atoms with Crippen LogP contribution in [0.4, 0.5) is 5.69 Å². The van der Waals surface area contributed by atoms with Gasteiger partial charge in [0.2, 0.25) is 5.91 Å². The molecule has 1 fully saturated rings. The molecule has 1 aliphatic heterocycles. The summed E-state index contributed by atoms with van der Waals surface area (Å²) < 4.78 is 6.97. The van der Waals surface area contributed by atoms with Crippen molar-refractivity contribution in [3.63, 3.8) is 0 Å². The maximum absolute atomic E-state index is 12.3. The maximum atomic E-state index is 12.3. The molecule has 1 amide bonds. The Morgan fingerprint density at radius 3 is 2.50 bits per heavy atom. The maximum Gasteiger partial charge on any atom is 0.223 e. The zero-order chi connectivity index (χ0) is 22.8. The first-order chi connectivity index (χ1) is 15.3. The molecular weight excluding hydrogens is 468 g/mol. The number of likely N-dealkylation sites (tertiary alicyclic amines) is 1. The van der Waals surface area contributed by atoms with Gasteiger partial charge < -0.3 is 15.4 Å². The zero-order valence-corrected chi connectivity index (χ0v) is 20.1. The van der Waals surface area contributed by atoms with E-state index in [4.69, 9.17) is 10.5 Å². The Morgan fingerprint density at radius 1 is 1.16 bits per heavy atom. The summed E-state index contributed by atoms with van der Waals surface area (Å²) in [4.78, 5) is 14.2. The monoisotopic (exact) mass is 494 g/mol. The van der Waals surface area contributed by atoms with Gasteiger partial charge in [0.25, 0.3) is 0 Å². The van der Waals surface area contributed by atoms with E-state index in [1.54, 1.807) is 6.07 Å². The third-order valence-electron chi connectivity index (χ3n) is 5.60. The van der Waals surface area contributed by atoms with Crippen molar-refractivity contribution in [3.05, 3.63) is 64.3 Å². The number of hydrogen-bond acceptors (Lipinski definition) is 5. The third kappa shape index (κ3) is 4.93. The highest BCUT2D eigenvalue weighted by atomic mass is 79.9. The van der Waals surface area contributed by atoms with Crippen molar-refractivity contribution < 1.29 is 9.53 Å². The molecule has 0 spiro atoms. The first kappa shape index (κ1) is 22.3. The summed E-state index contributed by atoms with van der Waals surface area (Å²) in [6.07, 6.45) is 0.592. The molecule has 2 N–H and O–H groups in total. The van der Waals surface area contributed by atoms with E-state index in [0.717, 1.165) is 33.5 Å². The molecule has 0 bridgehead atoms. The summed E-state index contributed by atoms with van der Waals surface area (Å²) in [6.45, 7) is 7.54. The standard InChI is InChI=1S/C25H27BrN4O2/c1-15(2)22-8-9-23(29-28-22)17-4-6-19(7-5-17)32-24-12-21(27)20(26)11-18(24)14-30-13-16(3)10-25(30)31/h4-9,11-12,15-16H,10,13-14,27H2,1-3H3. The Bertz CT molecular complexity index is 1110. The molecule has 1 aromatic heterocycles. The van der Waals surface area contributed by atoms with E-state index in [9.17, 15) is 4.79 Å². The van der Waals surface area contributed by atoms with E-state index in [0.29, 0.717) is 42.0 Å². The van der Waals surface area contributed by atoms with Crippen molar-refractivity contribution in [2.24, 2.45) is 5.92 Å². The van der Waals surface area contributed by atoms with E-state index < -0.39 is 0 Å². The summed E-state index contributed by atoms with van der Waals surface area (Å²) >= 11 is 3.49. The lowest BCUT2D eigenvalue weighted by atomic mass is 10.1. The molecule has 1 saturated heterocycles. The SMILES string of the molecule is CC1CC(=O)N(Cc2cc(Br)c(N)cc2Oc2ccc(-c3ccc(C(C)C)nn3)cc2)C1. The highest BCUT2D eigenvalue weighted by Gasteiger charge is 2.27. The first-order valence-electron chi connectivity index (χ1n) is 10.8. The second-order valence-corrected chi connectivity index (χ2v) is 9.54. The topological polar surface area (TPSA) is 81.3 Å². The number of anilines is 1. The van der Waals surface area contributed by atoms with Gasteiger partial charge in [-0.3, -0.25) is 4.79 Å². The molecule has 0 saturated carbocycles. The number of ether oxygens (including phenoxy) is 1. The van der Waals surface area contributed by atoms with Gasteiger partial charge in [0.15, 0.2) is 0 Å². The van der Waals surface area contributed by atoms with Crippen molar-refractivity contribution in [2.45, 2.75) is 39.7 Å². The molecule has 166 valence electrons. The predicted octanol–water partition coefficient (Wildman–Crippen LogP) is 5.77. The largest absolute Gasteiger partial charge is 0.457 e. The Morgan fingerprint density at radius 2 is 1.91 bits per heavy atom. The molecule has 0 radical (unpaired) electrons. The molecule has 2 heterocycles. The van der Waals surface area contributed by atoms with Gasteiger partial charge in [-0.1, -0.05) is 20.8 Å². The second kappa shape index (κ2) is 9.28. The molecule has 3 aromatic rings. The van der Waals surface area contributed by atoms with Crippen molar-refractivity contribution in [1.82, 2.24) is 15.1 Å². The molecule has 6 nitrogen and oxygen atoms in total. The predicted molar refractivity (Wildman–Crippen MR) is 129 cm³/mol. The average molecular weight is 495 g/mol. The number of halogens is 1. The van der Waals surface area contributed by atoms with E-state index in [2.05, 4.69) is 46.9 Å². The molecule has 7 heteroatoms. The van der Waals surface area contributed by atoms with Crippen LogP contribution in [0.1, 0.15) is 44.4 Å². The minimum absolute atomic E-state index is 0.172. The van der Waals surface area contributed by atoms with E-state index in [-0.39, 0.29) is 5.91 Å². The summed E-state index contributed by atoms with van der Waals surface area (Å²) in [5.74, 6) is 2.22. The van der Waals surface area contributed by atoms with Crippen LogP contribution in [-0.2, 0) is 11.3 Å². The Balaban J connectivity index is 1.54. The second-order valence-electron chi connectivity index (χ2n) is 8.69. The van der Waals surface area contributed by atoms with Gasteiger partial charge in [-0.15, -0.1) is 0 Å². The highest BCUT2D eigenvalue weighted by molar-refractivity contribution is 9.10. The molecule has 1 aliphatic rings. The first-order valence-corrected chi connectivity index (χ1v) is 11.6. The lowest BCUT2D eigenvalue weighted by molar-refractivity contribution is -0.128. The van der Waals surface area contributed by atoms with Gasteiger partial charge in [-0.05, 0) is 70.2 Å². The van der Waals surface area contributed by atoms with Crippen molar-refractivity contribution in [1.29, 1.82) is 0 Å². The van der Waals surface area contributed by atoms with Crippen LogP contribution >= 0.6 is 15.9 Å². The average Bonchev–Trinajstić information content (AvgIpc) is 3.09. The van der Waals surface area contributed by atoms with Gasteiger partial charge in [0.1, 0.15) is 11.5 Å². The Hall–Kier alpha value is -2.93. The minimum Gasteiger partial charge on any atom is -0.457 e. The third-order valence-corrected chi connectivity index (χ3v) is 6.29. The van der Waals surface area contributed by atoms with Crippen LogP contribution in [-0.4, -0.2) is 27.5 Å². The van der Waals surface area contributed by atoms with E-state index in [1.165, 1.54) is 0 Å². The fourth-order valence-electron chi connectivity index (χ4n) is 3.78. The number of amides is 1. The van der Waals surface area contributed by atoms with Crippen molar-refractivity contribution in [2.75, 3.05) is 12.3 Å². The Labute approximate surface area is 196 Å². The lowest BCUT2D eigenvalue weighted by Gasteiger charge is -2.20.